The van der Waals surface area contributed by atoms with Crippen LogP contribution < -0.4 is 14.4 Å². The molecule has 1 N–H and O–H groups in total. The van der Waals surface area contributed by atoms with Crippen molar-refractivity contribution in [2.75, 3.05) is 25.7 Å². The maximum atomic E-state index is 14.5. The maximum absolute atomic E-state index is 14.5. The molecule has 0 spiro atoms. The van der Waals surface area contributed by atoms with Crippen molar-refractivity contribution >= 4 is 17.8 Å². The maximum Gasteiger partial charge on any atom is 0.238 e. The summed E-state index contributed by atoms with van der Waals surface area (Å²) in [5, 5.41) is 18.3. The van der Waals surface area contributed by atoms with Crippen LogP contribution in [0.3, 0.4) is 0 Å². The van der Waals surface area contributed by atoms with Gasteiger partial charge in [0.25, 0.3) is 0 Å². The van der Waals surface area contributed by atoms with Crippen LogP contribution in [-0.4, -0.2) is 38.0 Å². The third kappa shape index (κ3) is 5.70. The summed E-state index contributed by atoms with van der Waals surface area (Å²) >= 11 is 0. The number of likely N-dealkylation sites (N-methyl/N-ethyl adjacent to an activating group) is 1. The van der Waals surface area contributed by atoms with E-state index in [1.807, 2.05) is 48.5 Å². The molecular formula is C29H30CoFN3O3. The van der Waals surface area contributed by atoms with Crippen LogP contribution in [0.5, 0.6) is 11.5 Å². The van der Waals surface area contributed by atoms with Gasteiger partial charge in [0.15, 0.2) is 11.6 Å². The number of halogens is 1. The van der Waals surface area contributed by atoms with Crippen molar-refractivity contribution < 1.29 is 35.7 Å². The van der Waals surface area contributed by atoms with Gasteiger partial charge >= 0.3 is 0 Å². The van der Waals surface area contributed by atoms with Crippen molar-refractivity contribution in [3.05, 3.63) is 101 Å². The molecule has 0 saturated carbocycles. The monoisotopic (exact) mass is 546 g/mol. The average molecular weight is 547 g/mol. The third-order valence-corrected chi connectivity index (χ3v) is 6.52. The second-order valence-corrected chi connectivity index (χ2v) is 8.71. The normalized spacial score (nSPS) is 18.1. The van der Waals surface area contributed by atoms with Crippen LogP contribution in [0.25, 0.3) is 0 Å². The fourth-order valence-corrected chi connectivity index (χ4v) is 4.75. The van der Waals surface area contributed by atoms with Crippen LogP contribution in [0.2, 0.25) is 0 Å². The Balaban J connectivity index is 0.00000380. The Hall–Kier alpha value is -3.62. The van der Waals surface area contributed by atoms with Gasteiger partial charge < -0.3 is 19.5 Å². The standard InChI is InChI=1S/C29H30FN3O3.Co/c1-5-33-25-13-12-22(35-3)18-23(25)29(2,19-20-11-14-26(36-4)24(30)17-20)27(33)15-16-31-32-28(34)21-9-7-6-8-10-21;/h6-18H,5,19H2,1-4H3,(H,32,34);/b27-15-,31-16+;. The zero-order valence-electron chi connectivity index (χ0n) is 21.2. The van der Waals surface area contributed by atoms with E-state index in [2.05, 4.69) is 29.0 Å². The largest absolute Gasteiger partial charge is 0.497 e. The smallest absolute Gasteiger partial charge is 0.238 e. The molecular weight excluding hydrogens is 516 g/mol. The molecule has 1 aliphatic rings. The van der Waals surface area contributed by atoms with Crippen molar-refractivity contribution in [3.63, 3.8) is 0 Å². The summed E-state index contributed by atoms with van der Waals surface area (Å²) in [7, 11) is 3.10. The number of aliphatic hydroxyl groups excluding tert-OH is 1. The van der Waals surface area contributed by atoms with E-state index in [0.29, 0.717) is 12.0 Å². The van der Waals surface area contributed by atoms with Gasteiger partial charge in [-0.3, -0.25) is 0 Å². The van der Waals surface area contributed by atoms with Gasteiger partial charge in [-0.25, -0.2) is 4.39 Å². The van der Waals surface area contributed by atoms with Crippen molar-refractivity contribution in [1.29, 1.82) is 0 Å². The van der Waals surface area contributed by atoms with Crippen molar-refractivity contribution in [3.8, 4) is 11.5 Å². The Labute approximate surface area is 227 Å². The van der Waals surface area contributed by atoms with Crippen LogP contribution in [0.15, 0.2) is 88.7 Å². The molecule has 195 valence electrons. The van der Waals surface area contributed by atoms with Gasteiger partial charge in [0.1, 0.15) is 5.75 Å². The van der Waals surface area contributed by atoms with Crippen LogP contribution >= 0.6 is 0 Å². The average Bonchev–Trinajstić information content (AvgIpc) is 3.13. The molecule has 3 aromatic carbocycles. The predicted molar refractivity (Wildman–Crippen MR) is 142 cm³/mol. The Morgan fingerprint density at radius 2 is 1.81 bits per heavy atom. The van der Waals surface area contributed by atoms with E-state index in [1.165, 1.54) is 13.2 Å². The second kappa shape index (κ2) is 12.1. The molecule has 4 rings (SSSR count). The molecule has 0 bridgehead atoms. The summed E-state index contributed by atoms with van der Waals surface area (Å²) in [4.78, 5) is 2.21. The van der Waals surface area contributed by atoms with Crippen LogP contribution in [0.4, 0.5) is 10.1 Å². The molecule has 8 heteroatoms. The summed E-state index contributed by atoms with van der Waals surface area (Å²) in [5.74, 6) is 0.414. The number of ether oxygens (including phenoxy) is 2. The molecule has 1 heterocycles. The van der Waals surface area contributed by atoms with Gasteiger partial charge in [-0.05, 0) is 79.9 Å². The minimum Gasteiger partial charge on any atom is -0.497 e. The summed E-state index contributed by atoms with van der Waals surface area (Å²) in [6.07, 6.45) is 4.02. The summed E-state index contributed by atoms with van der Waals surface area (Å²) in [6, 6.07) is 20.1. The Morgan fingerprint density at radius 1 is 1.05 bits per heavy atom. The van der Waals surface area contributed by atoms with Gasteiger partial charge in [-0.1, -0.05) is 24.3 Å². The first-order chi connectivity index (χ1) is 17.4. The number of methoxy groups -OCH3 is 2. The van der Waals surface area contributed by atoms with E-state index in [-0.39, 0.29) is 28.4 Å². The summed E-state index contributed by atoms with van der Waals surface area (Å²) in [6.45, 7) is 4.94. The predicted octanol–water partition coefficient (Wildman–Crippen LogP) is 6.06. The molecule has 1 radical (unpaired) electrons. The number of nitrogens with zero attached hydrogens (tertiary/aromatic N) is 3. The molecule has 1 atom stereocenters. The molecule has 0 aliphatic carbocycles. The van der Waals surface area contributed by atoms with Gasteiger partial charge in [-0.2, -0.15) is 5.10 Å². The van der Waals surface area contributed by atoms with Gasteiger partial charge in [0.2, 0.25) is 5.90 Å². The molecule has 1 unspecified atom stereocenters. The Kier molecular flexibility index (Phi) is 9.12. The number of benzene rings is 3. The van der Waals surface area contributed by atoms with E-state index in [1.54, 1.807) is 31.5 Å². The second-order valence-electron chi connectivity index (χ2n) is 8.71. The molecule has 0 saturated heterocycles. The van der Waals surface area contributed by atoms with E-state index in [9.17, 15) is 9.50 Å². The molecule has 0 fully saturated rings. The van der Waals surface area contributed by atoms with Crippen molar-refractivity contribution in [1.82, 2.24) is 0 Å². The number of rotatable bonds is 8. The number of fused-ring (bicyclic) bond motifs is 1. The van der Waals surface area contributed by atoms with E-state index >= 15 is 0 Å². The van der Waals surface area contributed by atoms with Gasteiger partial charge in [0, 0.05) is 45.7 Å². The number of allylic oxidation sites excluding steroid dienone is 2. The quantitative estimate of drug-likeness (QED) is 0.212. The van der Waals surface area contributed by atoms with Crippen LogP contribution in [-0.2, 0) is 28.6 Å². The minimum atomic E-state index is -0.502. The summed E-state index contributed by atoms with van der Waals surface area (Å²) in [5.41, 5.74) is 4.05. The molecule has 0 amide bonds. The third-order valence-electron chi connectivity index (χ3n) is 6.52. The zero-order valence-corrected chi connectivity index (χ0v) is 22.3. The number of hydrogen-bond donors (Lipinski definition) is 1. The first-order valence-electron chi connectivity index (χ1n) is 11.8. The fourth-order valence-electron chi connectivity index (χ4n) is 4.75. The van der Waals surface area contributed by atoms with Gasteiger partial charge in [-0.15, -0.1) is 5.10 Å². The molecule has 0 aromatic heterocycles. The topological polar surface area (TPSA) is 66.7 Å². The first kappa shape index (κ1) is 28.0. The molecule has 1 aliphatic heterocycles. The Morgan fingerprint density at radius 3 is 2.46 bits per heavy atom. The molecule has 6 nitrogen and oxygen atoms in total. The van der Waals surface area contributed by atoms with E-state index < -0.39 is 11.2 Å². The van der Waals surface area contributed by atoms with Crippen LogP contribution in [0, 0.1) is 5.82 Å². The van der Waals surface area contributed by atoms with Crippen molar-refractivity contribution in [2.45, 2.75) is 25.7 Å². The number of hydrogen-bond acceptors (Lipinski definition) is 5. The van der Waals surface area contributed by atoms with Crippen molar-refractivity contribution in [2.24, 2.45) is 10.2 Å². The van der Waals surface area contributed by atoms with E-state index in [4.69, 9.17) is 9.47 Å². The SMILES string of the molecule is CCN1\C(=C/C=N/N=C(\O)c2ccccc2)C(C)(Cc2ccc(OC)c(F)c2)c2cc(OC)ccc21.[Co]. The minimum absolute atomic E-state index is 0. The summed E-state index contributed by atoms with van der Waals surface area (Å²) < 4.78 is 25.1. The first-order valence-corrected chi connectivity index (χ1v) is 11.8. The Bertz CT molecular complexity index is 1330. The number of anilines is 1. The zero-order chi connectivity index (χ0) is 25.7. The molecule has 3 aromatic rings. The number of aliphatic hydroxyl groups is 1. The van der Waals surface area contributed by atoms with E-state index in [0.717, 1.165) is 34.8 Å². The fraction of sp³-hybridized carbons (Fsp3) is 0.241. The van der Waals surface area contributed by atoms with Gasteiger partial charge in [0.05, 0.1) is 20.4 Å². The van der Waals surface area contributed by atoms with Crippen LogP contribution in [0.1, 0.15) is 30.5 Å². The molecule has 37 heavy (non-hydrogen) atoms.